The van der Waals surface area contributed by atoms with E-state index in [0.29, 0.717) is 28.6 Å². The molecule has 0 aromatic carbocycles. The fourth-order valence-corrected chi connectivity index (χ4v) is 2.88. The summed E-state index contributed by atoms with van der Waals surface area (Å²) >= 11 is 0. The molecule has 0 fully saturated rings. The fraction of sp³-hybridized carbons (Fsp3) is 0.250. The molecule has 0 aliphatic heterocycles. The summed E-state index contributed by atoms with van der Waals surface area (Å²) in [5.74, 6) is 1.56. The van der Waals surface area contributed by atoms with Crippen LogP contribution >= 0.6 is 0 Å². The Balaban J connectivity index is 1.61. The van der Waals surface area contributed by atoms with Crippen molar-refractivity contribution in [2.45, 2.75) is 32.7 Å². The van der Waals surface area contributed by atoms with Crippen LogP contribution in [0.4, 0.5) is 20.4 Å². The van der Waals surface area contributed by atoms with Crippen LogP contribution in [0.2, 0.25) is 0 Å². The van der Waals surface area contributed by atoms with Gasteiger partial charge in [0.15, 0.2) is 5.82 Å². The Labute approximate surface area is 165 Å². The number of pyridine rings is 2. The Morgan fingerprint density at radius 1 is 1.00 bits per heavy atom. The monoisotopic (exact) mass is 395 g/mol. The third-order valence-electron chi connectivity index (χ3n) is 4.43. The highest BCUT2D eigenvalue weighted by Crippen LogP contribution is 2.24. The third-order valence-corrected chi connectivity index (χ3v) is 4.43. The topological polar surface area (TPSA) is 81.4 Å². The lowest BCUT2D eigenvalue weighted by molar-refractivity contribution is 0.122. The molecule has 7 nitrogen and oxygen atoms in total. The number of nitrogens with one attached hydrogen (secondary N) is 1. The Hall–Kier alpha value is -3.49. The van der Waals surface area contributed by atoms with Crippen molar-refractivity contribution in [3.63, 3.8) is 0 Å². The van der Waals surface area contributed by atoms with Crippen LogP contribution in [0.5, 0.6) is 0 Å². The minimum atomic E-state index is -2.45. The molecule has 148 valence electrons. The van der Waals surface area contributed by atoms with Crippen LogP contribution in [-0.2, 0) is 6.54 Å². The van der Waals surface area contributed by atoms with Gasteiger partial charge >= 0.3 is 0 Å². The molecular weight excluding hydrogens is 376 g/mol. The van der Waals surface area contributed by atoms with Gasteiger partial charge < -0.3 is 5.32 Å². The van der Waals surface area contributed by atoms with Gasteiger partial charge in [-0.3, -0.25) is 9.67 Å². The molecule has 4 aromatic heterocycles. The van der Waals surface area contributed by atoms with Crippen LogP contribution in [-0.4, -0.2) is 36.4 Å². The van der Waals surface area contributed by atoms with Crippen molar-refractivity contribution in [3.8, 4) is 11.1 Å². The fourth-order valence-electron chi connectivity index (χ4n) is 2.88. The maximum atomic E-state index is 12.5. The van der Waals surface area contributed by atoms with Crippen molar-refractivity contribution in [2.24, 2.45) is 0 Å². The van der Waals surface area contributed by atoms with Crippen molar-refractivity contribution in [3.05, 3.63) is 54.6 Å². The second kappa shape index (κ2) is 7.86. The molecule has 0 atom stereocenters. The molecule has 4 heterocycles. The van der Waals surface area contributed by atoms with Gasteiger partial charge in [-0.1, -0.05) is 13.8 Å². The highest BCUT2D eigenvalue weighted by Gasteiger charge is 2.09. The first-order chi connectivity index (χ1) is 14.0. The van der Waals surface area contributed by atoms with Crippen molar-refractivity contribution < 1.29 is 8.78 Å². The molecule has 0 unspecified atom stereocenters. The van der Waals surface area contributed by atoms with Crippen molar-refractivity contribution in [2.75, 3.05) is 5.32 Å². The van der Waals surface area contributed by atoms with Gasteiger partial charge in [-0.25, -0.2) is 13.8 Å². The maximum Gasteiger partial charge on any atom is 0.257 e. The molecule has 1 N–H and O–H groups in total. The molecule has 9 heteroatoms. The molecule has 0 saturated heterocycles. The number of alkyl halides is 2. The SMILES string of the molecule is CC(C)c1cnnc(Nc2ccc3ncc(-c4cnn(CC(F)F)c4)cc3n2)c1. The molecule has 0 amide bonds. The molecule has 4 rings (SSSR count). The number of anilines is 2. The van der Waals surface area contributed by atoms with E-state index >= 15 is 0 Å². The highest BCUT2D eigenvalue weighted by atomic mass is 19.3. The summed E-state index contributed by atoms with van der Waals surface area (Å²) in [4.78, 5) is 9.01. The second-order valence-electron chi connectivity index (χ2n) is 6.95. The summed E-state index contributed by atoms with van der Waals surface area (Å²) in [7, 11) is 0. The number of aromatic nitrogens is 6. The van der Waals surface area contributed by atoms with E-state index in [0.717, 1.165) is 16.6 Å². The minimum Gasteiger partial charge on any atom is -0.323 e. The van der Waals surface area contributed by atoms with E-state index in [1.54, 1.807) is 24.8 Å². The average Bonchev–Trinajstić information content (AvgIpc) is 3.15. The van der Waals surface area contributed by atoms with Gasteiger partial charge in [-0.15, -0.1) is 5.10 Å². The van der Waals surface area contributed by atoms with E-state index in [1.807, 2.05) is 24.3 Å². The maximum absolute atomic E-state index is 12.5. The van der Waals surface area contributed by atoms with Gasteiger partial charge in [0.2, 0.25) is 0 Å². The Morgan fingerprint density at radius 2 is 1.86 bits per heavy atom. The van der Waals surface area contributed by atoms with E-state index < -0.39 is 13.0 Å². The molecule has 0 aliphatic rings. The Bertz CT molecular complexity index is 1140. The zero-order valence-corrected chi connectivity index (χ0v) is 15.9. The van der Waals surface area contributed by atoms with E-state index in [1.165, 1.54) is 4.68 Å². The molecule has 0 radical (unpaired) electrons. The van der Waals surface area contributed by atoms with E-state index in [4.69, 9.17) is 0 Å². The normalized spacial score (nSPS) is 11.5. The van der Waals surface area contributed by atoms with Gasteiger partial charge in [-0.05, 0) is 35.7 Å². The molecular formula is C20H19F2N7. The van der Waals surface area contributed by atoms with E-state index in [2.05, 4.69) is 44.4 Å². The lowest BCUT2D eigenvalue weighted by Crippen LogP contribution is -2.06. The predicted molar refractivity (Wildman–Crippen MR) is 106 cm³/mol. The van der Waals surface area contributed by atoms with Crippen LogP contribution < -0.4 is 5.32 Å². The summed E-state index contributed by atoms with van der Waals surface area (Å²) in [5, 5.41) is 15.3. The average molecular weight is 395 g/mol. The lowest BCUT2D eigenvalue weighted by Gasteiger charge is -2.09. The third kappa shape index (κ3) is 4.34. The zero-order chi connectivity index (χ0) is 20.4. The Kier molecular flexibility index (Phi) is 5.11. The van der Waals surface area contributed by atoms with Crippen molar-refractivity contribution in [1.82, 2.24) is 29.9 Å². The van der Waals surface area contributed by atoms with Gasteiger partial charge in [0.05, 0.1) is 23.4 Å². The number of nitrogens with zero attached hydrogens (tertiary/aromatic N) is 6. The van der Waals surface area contributed by atoms with Crippen LogP contribution in [0.3, 0.4) is 0 Å². The number of hydrogen-bond donors (Lipinski definition) is 1. The summed E-state index contributed by atoms with van der Waals surface area (Å²) in [5.41, 5.74) is 3.93. The van der Waals surface area contributed by atoms with Crippen LogP contribution in [0.1, 0.15) is 25.3 Å². The van der Waals surface area contributed by atoms with Crippen LogP contribution in [0, 0.1) is 0 Å². The largest absolute Gasteiger partial charge is 0.323 e. The quantitative estimate of drug-likeness (QED) is 0.521. The molecule has 29 heavy (non-hydrogen) atoms. The first-order valence-corrected chi connectivity index (χ1v) is 9.15. The number of rotatable bonds is 6. The standard InChI is InChI=1S/C20H19F2N7/c1-12(2)13-6-20(28-24-8-13)27-19-4-3-16-17(26-19)5-14(7-23-16)15-9-25-29(10-15)11-18(21)22/h3-10,12,18H,11H2,1-2H3,(H,26,27,28). The molecule has 0 bridgehead atoms. The summed E-state index contributed by atoms with van der Waals surface area (Å²) in [6.45, 7) is 3.74. The number of halogens is 2. The van der Waals surface area contributed by atoms with Crippen LogP contribution in [0.25, 0.3) is 22.2 Å². The molecule has 0 aliphatic carbocycles. The highest BCUT2D eigenvalue weighted by molar-refractivity contribution is 5.81. The van der Waals surface area contributed by atoms with E-state index in [9.17, 15) is 8.78 Å². The number of hydrogen-bond acceptors (Lipinski definition) is 6. The van der Waals surface area contributed by atoms with E-state index in [-0.39, 0.29) is 0 Å². The molecule has 0 saturated carbocycles. The number of fused-ring (bicyclic) bond motifs is 1. The summed E-state index contributed by atoms with van der Waals surface area (Å²) < 4.78 is 26.3. The van der Waals surface area contributed by atoms with Gasteiger partial charge in [0.1, 0.15) is 12.4 Å². The Morgan fingerprint density at radius 3 is 2.66 bits per heavy atom. The van der Waals surface area contributed by atoms with Crippen LogP contribution in [0.15, 0.2) is 49.1 Å². The van der Waals surface area contributed by atoms with Crippen molar-refractivity contribution in [1.29, 1.82) is 0 Å². The zero-order valence-electron chi connectivity index (χ0n) is 15.9. The minimum absolute atomic E-state index is 0.341. The second-order valence-corrected chi connectivity index (χ2v) is 6.95. The van der Waals surface area contributed by atoms with Crippen molar-refractivity contribution >= 4 is 22.7 Å². The molecule has 4 aromatic rings. The predicted octanol–water partition coefficient (Wildman–Crippen LogP) is 4.42. The summed E-state index contributed by atoms with van der Waals surface area (Å²) in [6, 6.07) is 7.47. The molecule has 0 spiro atoms. The van der Waals surface area contributed by atoms with Gasteiger partial charge in [-0.2, -0.15) is 10.2 Å². The first-order valence-electron chi connectivity index (χ1n) is 9.15. The smallest absolute Gasteiger partial charge is 0.257 e. The first kappa shape index (κ1) is 18.9. The van der Waals surface area contributed by atoms with Gasteiger partial charge in [0, 0.05) is 23.5 Å². The lowest BCUT2D eigenvalue weighted by atomic mass is 10.1. The van der Waals surface area contributed by atoms with Gasteiger partial charge in [0.25, 0.3) is 6.43 Å². The summed E-state index contributed by atoms with van der Waals surface area (Å²) in [6.07, 6.45) is 4.08.